The Bertz CT molecular complexity index is 385. The first-order valence-corrected chi connectivity index (χ1v) is 5.97. The van der Waals surface area contributed by atoms with E-state index >= 15 is 0 Å². The van der Waals surface area contributed by atoms with E-state index in [-0.39, 0.29) is 5.69 Å². The fourth-order valence-corrected chi connectivity index (χ4v) is 1.78. The minimum Gasteiger partial charge on any atom is -0.396 e. The quantitative estimate of drug-likeness (QED) is 0.884. The molecule has 0 fully saturated rings. The van der Waals surface area contributed by atoms with Crippen molar-refractivity contribution in [2.75, 3.05) is 23.7 Å². The van der Waals surface area contributed by atoms with Gasteiger partial charge in [0.2, 0.25) is 0 Å². The van der Waals surface area contributed by atoms with Gasteiger partial charge in [-0.05, 0) is 18.9 Å². The normalized spacial score (nSPS) is 11.6. The highest BCUT2D eigenvalue weighted by molar-refractivity contribution is 5.67. The molecule has 102 valence electrons. The number of hydrogen-bond donors (Lipinski definition) is 1. The van der Waals surface area contributed by atoms with Gasteiger partial charge in [-0.25, -0.2) is 4.98 Å². The maximum absolute atomic E-state index is 12.6. The zero-order valence-electron chi connectivity index (χ0n) is 10.6. The molecule has 0 aliphatic carbocycles. The van der Waals surface area contributed by atoms with E-state index in [4.69, 9.17) is 5.73 Å². The van der Waals surface area contributed by atoms with E-state index in [0.717, 1.165) is 25.1 Å². The second-order valence-electron chi connectivity index (χ2n) is 4.11. The van der Waals surface area contributed by atoms with Crippen LogP contribution in [0, 0.1) is 0 Å². The molecule has 0 radical (unpaired) electrons. The van der Waals surface area contributed by atoms with Gasteiger partial charge < -0.3 is 10.6 Å². The summed E-state index contributed by atoms with van der Waals surface area (Å²) in [5, 5.41) is 0. The van der Waals surface area contributed by atoms with E-state index < -0.39 is 11.9 Å². The Morgan fingerprint density at radius 2 is 1.78 bits per heavy atom. The summed E-state index contributed by atoms with van der Waals surface area (Å²) in [6.07, 6.45) is -1.66. The highest BCUT2D eigenvalue weighted by Crippen LogP contribution is 2.32. The minimum absolute atomic E-state index is 0.282. The fraction of sp³-hybridized carbons (Fsp3) is 0.583. The molecule has 3 nitrogen and oxygen atoms in total. The van der Waals surface area contributed by atoms with Crippen LogP contribution in [0.5, 0.6) is 0 Å². The second-order valence-corrected chi connectivity index (χ2v) is 4.11. The molecule has 0 spiro atoms. The zero-order chi connectivity index (χ0) is 13.8. The number of nitrogen functional groups attached to an aromatic ring is 1. The van der Waals surface area contributed by atoms with E-state index in [0.29, 0.717) is 18.8 Å². The van der Waals surface area contributed by atoms with Gasteiger partial charge in [0.05, 0.1) is 17.6 Å². The smallest absolute Gasteiger partial charge is 0.396 e. The van der Waals surface area contributed by atoms with Gasteiger partial charge in [-0.1, -0.05) is 13.8 Å². The molecule has 1 aromatic rings. The number of anilines is 2. The Balaban J connectivity index is 3.11. The van der Waals surface area contributed by atoms with Crippen LogP contribution in [0.2, 0.25) is 0 Å². The summed E-state index contributed by atoms with van der Waals surface area (Å²) in [4.78, 5) is 5.20. The van der Waals surface area contributed by atoms with E-state index in [2.05, 4.69) is 4.98 Å². The van der Waals surface area contributed by atoms with Gasteiger partial charge in [0, 0.05) is 13.1 Å². The van der Waals surface area contributed by atoms with Gasteiger partial charge in [0.1, 0.15) is 5.69 Å². The number of hydrogen-bond acceptors (Lipinski definition) is 3. The van der Waals surface area contributed by atoms with Crippen LogP contribution in [0.1, 0.15) is 32.4 Å². The summed E-state index contributed by atoms with van der Waals surface area (Å²) in [6, 6.07) is 1.03. The maximum Gasteiger partial charge on any atom is 0.433 e. The Hall–Kier alpha value is -1.46. The van der Waals surface area contributed by atoms with E-state index in [9.17, 15) is 13.2 Å². The van der Waals surface area contributed by atoms with Gasteiger partial charge in [0.25, 0.3) is 0 Å². The Morgan fingerprint density at radius 1 is 1.22 bits per heavy atom. The maximum atomic E-state index is 12.6. The lowest BCUT2D eigenvalue weighted by atomic mass is 10.2. The third-order valence-corrected chi connectivity index (χ3v) is 2.53. The molecule has 0 unspecified atom stereocenters. The average Bonchev–Trinajstić information content (AvgIpc) is 2.28. The van der Waals surface area contributed by atoms with Crippen LogP contribution < -0.4 is 10.6 Å². The first-order chi connectivity index (χ1) is 8.40. The van der Waals surface area contributed by atoms with Crippen LogP contribution in [0.15, 0.2) is 12.3 Å². The van der Waals surface area contributed by atoms with Crippen LogP contribution in [0.3, 0.4) is 0 Å². The summed E-state index contributed by atoms with van der Waals surface area (Å²) in [5.74, 6) is 0. The lowest BCUT2D eigenvalue weighted by Gasteiger charge is -2.25. The SMILES string of the molecule is CCCN(CCC)c1cc(C(F)(F)F)ncc1N. The van der Waals surface area contributed by atoms with E-state index in [1.807, 2.05) is 18.7 Å². The molecule has 0 aliphatic heterocycles. The van der Waals surface area contributed by atoms with Crippen molar-refractivity contribution in [3.8, 4) is 0 Å². The molecule has 1 aromatic heterocycles. The van der Waals surface area contributed by atoms with Crippen LogP contribution in [-0.2, 0) is 6.18 Å². The summed E-state index contributed by atoms with van der Waals surface area (Å²) in [6.45, 7) is 5.31. The molecule has 1 rings (SSSR count). The summed E-state index contributed by atoms with van der Waals surface area (Å²) < 4.78 is 37.8. The molecule has 6 heteroatoms. The highest BCUT2D eigenvalue weighted by atomic mass is 19.4. The number of pyridine rings is 1. The molecule has 0 saturated heterocycles. The predicted molar refractivity (Wildman–Crippen MR) is 66.4 cm³/mol. The zero-order valence-corrected chi connectivity index (χ0v) is 10.6. The topological polar surface area (TPSA) is 42.2 Å². The van der Waals surface area contributed by atoms with E-state index in [1.165, 1.54) is 0 Å². The molecule has 0 aliphatic rings. The lowest BCUT2D eigenvalue weighted by molar-refractivity contribution is -0.141. The number of rotatable bonds is 5. The highest BCUT2D eigenvalue weighted by Gasteiger charge is 2.33. The molecule has 0 saturated carbocycles. The van der Waals surface area contributed by atoms with Crippen molar-refractivity contribution >= 4 is 11.4 Å². The third-order valence-electron chi connectivity index (χ3n) is 2.53. The van der Waals surface area contributed by atoms with Crippen molar-refractivity contribution in [3.63, 3.8) is 0 Å². The van der Waals surface area contributed by atoms with Gasteiger partial charge >= 0.3 is 6.18 Å². The van der Waals surface area contributed by atoms with E-state index in [1.54, 1.807) is 0 Å². The monoisotopic (exact) mass is 261 g/mol. The van der Waals surface area contributed by atoms with Crippen LogP contribution in [-0.4, -0.2) is 18.1 Å². The summed E-state index contributed by atoms with van der Waals surface area (Å²) in [7, 11) is 0. The standard InChI is InChI=1S/C12H18F3N3/c1-3-5-18(6-4-2)10-7-11(12(13,14)15)17-8-9(10)16/h7-8H,3-6,16H2,1-2H3. The molecule has 0 amide bonds. The average molecular weight is 261 g/mol. The van der Waals surface area contributed by atoms with Crippen molar-refractivity contribution in [3.05, 3.63) is 18.0 Å². The molecule has 0 aromatic carbocycles. The molecular formula is C12H18F3N3. The van der Waals surface area contributed by atoms with Gasteiger partial charge in [-0.2, -0.15) is 13.2 Å². The van der Waals surface area contributed by atoms with Gasteiger partial charge in [-0.15, -0.1) is 0 Å². The van der Waals surface area contributed by atoms with Crippen molar-refractivity contribution in [2.45, 2.75) is 32.9 Å². The minimum atomic E-state index is -4.44. The Labute approximate surface area is 105 Å². The van der Waals surface area contributed by atoms with Crippen molar-refractivity contribution < 1.29 is 13.2 Å². The number of nitrogens with zero attached hydrogens (tertiary/aromatic N) is 2. The Kier molecular flexibility index (Phi) is 4.81. The molecule has 1 heterocycles. The number of nitrogens with two attached hydrogens (primary N) is 1. The molecule has 0 atom stereocenters. The van der Waals surface area contributed by atoms with Crippen molar-refractivity contribution in [1.82, 2.24) is 4.98 Å². The van der Waals surface area contributed by atoms with Crippen LogP contribution in [0.25, 0.3) is 0 Å². The first kappa shape index (κ1) is 14.6. The number of halogens is 3. The Morgan fingerprint density at radius 3 is 2.22 bits per heavy atom. The molecular weight excluding hydrogens is 243 g/mol. The lowest BCUT2D eigenvalue weighted by Crippen LogP contribution is -2.26. The first-order valence-electron chi connectivity index (χ1n) is 5.97. The van der Waals surface area contributed by atoms with Gasteiger partial charge in [-0.3, -0.25) is 0 Å². The number of aromatic nitrogens is 1. The van der Waals surface area contributed by atoms with Crippen LogP contribution in [0.4, 0.5) is 24.5 Å². The molecule has 0 bridgehead atoms. The molecule has 18 heavy (non-hydrogen) atoms. The fourth-order valence-electron chi connectivity index (χ4n) is 1.78. The molecule has 2 N–H and O–H groups in total. The summed E-state index contributed by atoms with van der Waals surface area (Å²) >= 11 is 0. The second kappa shape index (κ2) is 5.93. The van der Waals surface area contributed by atoms with Crippen LogP contribution >= 0.6 is 0 Å². The van der Waals surface area contributed by atoms with Crippen molar-refractivity contribution in [1.29, 1.82) is 0 Å². The third kappa shape index (κ3) is 3.51. The number of alkyl halides is 3. The summed E-state index contributed by atoms with van der Waals surface area (Å²) in [5.41, 5.74) is 5.52. The van der Waals surface area contributed by atoms with Crippen molar-refractivity contribution in [2.24, 2.45) is 0 Å². The largest absolute Gasteiger partial charge is 0.433 e. The van der Waals surface area contributed by atoms with Gasteiger partial charge in [0.15, 0.2) is 0 Å². The predicted octanol–water partition coefficient (Wildman–Crippen LogP) is 3.31.